The molecule has 2 amide bonds. The molecule has 4 heteroatoms. The van der Waals surface area contributed by atoms with Gasteiger partial charge in [0.1, 0.15) is 6.54 Å². The van der Waals surface area contributed by atoms with Crippen LogP contribution in [0, 0.1) is 0 Å². The molecule has 1 aromatic rings. The van der Waals surface area contributed by atoms with Crippen LogP contribution in [-0.2, 0) is 15.0 Å². The second kappa shape index (κ2) is 7.25. The first kappa shape index (κ1) is 17.2. The van der Waals surface area contributed by atoms with Gasteiger partial charge in [-0.25, -0.2) is 0 Å². The lowest BCUT2D eigenvalue weighted by Crippen LogP contribution is -2.41. The Balaban J connectivity index is 3.07. The van der Waals surface area contributed by atoms with Crippen molar-refractivity contribution in [2.45, 2.75) is 46.5 Å². The third-order valence-corrected chi connectivity index (χ3v) is 3.26. The Labute approximate surface area is 127 Å². The van der Waals surface area contributed by atoms with E-state index in [0.717, 1.165) is 17.7 Å². The normalized spacial score (nSPS) is 11.1. The first-order chi connectivity index (χ1) is 9.77. The van der Waals surface area contributed by atoms with E-state index in [1.54, 1.807) is 4.90 Å². The van der Waals surface area contributed by atoms with Gasteiger partial charge in [0.25, 0.3) is 0 Å². The fourth-order valence-corrected chi connectivity index (χ4v) is 2.17. The fraction of sp³-hybridized carbons (Fsp3) is 0.529. The Kier molecular flexibility index (Phi) is 5.94. The van der Waals surface area contributed by atoms with Crippen LogP contribution in [0.2, 0.25) is 0 Å². The highest BCUT2D eigenvalue weighted by Crippen LogP contribution is 2.31. The molecule has 0 bridgehead atoms. The highest BCUT2D eigenvalue weighted by atomic mass is 16.2. The average Bonchev–Trinajstić information content (AvgIpc) is 2.41. The van der Waals surface area contributed by atoms with Gasteiger partial charge in [0.05, 0.1) is 0 Å². The van der Waals surface area contributed by atoms with E-state index in [1.165, 1.54) is 6.92 Å². The molecule has 0 radical (unpaired) electrons. The summed E-state index contributed by atoms with van der Waals surface area (Å²) in [4.78, 5) is 25.5. The second-order valence-electron chi connectivity index (χ2n) is 6.22. The number of carbonyl (C=O) groups excluding carboxylic acids is 2. The molecule has 0 aliphatic rings. The van der Waals surface area contributed by atoms with Crippen LogP contribution in [0.4, 0.5) is 5.69 Å². The predicted molar refractivity (Wildman–Crippen MR) is 86.5 cm³/mol. The summed E-state index contributed by atoms with van der Waals surface area (Å²) in [6.45, 7) is 10.5. The lowest BCUT2D eigenvalue weighted by Gasteiger charge is -2.29. The molecule has 0 fully saturated rings. The molecule has 0 saturated heterocycles. The van der Waals surface area contributed by atoms with Crippen LogP contribution < -0.4 is 10.2 Å². The second-order valence-corrected chi connectivity index (χ2v) is 6.22. The Morgan fingerprint density at radius 3 is 2.33 bits per heavy atom. The van der Waals surface area contributed by atoms with Crippen LogP contribution >= 0.6 is 0 Å². The number of nitrogens with zero attached hydrogens (tertiary/aromatic N) is 1. The standard InChI is InChI=1S/C17H26N2O2/c1-6-11-18-16(21)12-19(13(2)20)15-10-8-7-9-14(15)17(3,4)5/h7-10H,6,11-12H2,1-5H3,(H,18,21). The zero-order valence-electron chi connectivity index (χ0n) is 13.7. The van der Waals surface area contributed by atoms with Crippen LogP contribution in [0.25, 0.3) is 0 Å². The minimum Gasteiger partial charge on any atom is -0.355 e. The first-order valence-electron chi connectivity index (χ1n) is 7.41. The van der Waals surface area contributed by atoms with Crippen LogP contribution in [0.1, 0.15) is 46.6 Å². The molecule has 0 aliphatic heterocycles. The minimum absolute atomic E-state index is 0.0580. The van der Waals surface area contributed by atoms with Gasteiger partial charge < -0.3 is 10.2 Å². The molecule has 0 spiro atoms. The average molecular weight is 290 g/mol. The van der Waals surface area contributed by atoms with Gasteiger partial charge in [0.15, 0.2) is 0 Å². The zero-order chi connectivity index (χ0) is 16.0. The lowest BCUT2D eigenvalue weighted by atomic mass is 9.85. The van der Waals surface area contributed by atoms with Crippen molar-refractivity contribution < 1.29 is 9.59 Å². The van der Waals surface area contributed by atoms with Gasteiger partial charge in [-0.1, -0.05) is 45.9 Å². The number of hydrogen-bond donors (Lipinski definition) is 1. The van der Waals surface area contributed by atoms with Crippen molar-refractivity contribution in [1.29, 1.82) is 0 Å². The lowest BCUT2D eigenvalue weighted by molar-refractivity contribution is -0.123. The van der Waals surface area contributed by atoms with E-state index in [2.05, 4.69) is 26.1 Å². The Morgan fingerprint density at radius 1 is 1.19 bits per heavy atom. The number of nitrogens with one attached hydrogen (secondary N) is 1. The highest BCUT2D eigenvalue weighted by molar-refractivity contribution is 5.98. The van der Waals surface area contributed by atoms with E-state index < -0.39 is 0 Å². The third kappa shape index (κ3) is 4.88. The summed E-state index contributed by atoms with van der Waals surface area (Å²) >= 11 is 0. The van der Waals surface area contributed by atoms with Crippen molar-refractivity contribution >= 4 is 17.5 Å². The minimum atomic E-state index is -0.129. The predicted octanol–water partition coefficient (Wildman–Crippen LogP) is 2.86. The van der Waals surface area contributed by atoms with Crippen molar-refractivity contribution in [2.24, 2.45) is 0 Å². The maximum atomic E-state index is 12.0. The van der Waals surface area contributed by atoms with Crippen LogP contribution in [0.15, 0.2) is 24.3 Å². The monoisotopic (exact) mass is 290 g/mol. The number of anilines is 1. The molecule has 1 N–H and O–H groups in total. The number of benzene rings is 1. The Bertz CT molecular complexity index is 504. The first-order valence-corrected chi connectivity index (χ1v) is 7.41. The molecule has 1 aromatic carbocycles. The third-order valence-electron chi connectivity index (χ3n) is 3.26. The van der Waals surface area contributed by atoms with E-state index in [1.807, 2.05) is 31.2 Å². The van der Waals surface area contributed by atoms with E-state index in [0.29, 0.717) is 6.54 Å². The number of amides is 2. The molecule has 0 saturated carbocycles. The summed E-state index contributed by atoms with van der Waals surface area (Å²) in [5, 5.41) is 2.81. The number of hydrogen-bond acceptors (Lipinski definition) is 2. The van der Waals surface area contributed by atoms with Crippen molar-refractivity contribution in [2.75, 3.05) is 18.0 Å². The van der Waals surface area contributed by atoms with Gasteiger partial charge in [-0.15, -0.1) is 0 Å². The number of para-hydroxylation sites is 1. The topological polar surface area (TPSA) is 49.4 Å². The van der Waals surface area contributed by atoms with Crippen molar-refractivity contribution in [3.8, 4) is 0 Å². The maximum absolute atomic E-state index is 12.0. The molecule has 0 atom stereocenters. The van der Waals surface area contributed by atoms with Crippen LogP contribution in [0.3, 0.4) is 0 Å². The smallest absolute Gasteiger partial charge is 0.240 e. The summed E-state index contributed by atoms with van der Waals surface area (Å²) in [5.74, 6) is -0.255. The SMILES string of the molecule is CCCNC(=O)CN(C(C)=O)c1ccccc1C(C)(C)C. The van der Waals surface area contributed by atoms with Gasteiger partial charge in [-0.3, -0.25) is 9.59 Å². The Hall–Kier alpha value is -1.84. The summed E-state index contributed by atoms with van der Waals surface area (Å²) in [6, 6.07) is 7.76. The van der Waals surface area contributed by atoms with Gasteiger partial charge in [-0.2, -0.15) is 0 Å². The number of rotatable bonds is 5. The summed E-state index contributed by atoms with van der Waals surface area (Å²) in [6.07, 6.45) is 0.879. The Morgan fingerprint density at radius 2 is 1.81 bits per heavy atom. The van der Waals surface area contributed by atoms with Crippen molar-refractivity contribution in [1.82, 2.24) is 5.32 Å². The van der Waals surface area contributed by atoms with E-state index in [9.17, 15) is 9.59 Å². The van der Waals surface area contributed by atoms with E-state index in [-0.39, 0.29) is 23.8 Å². The van der Waals surface area contributed by atoms with E-state index in [4.69, 9.17) is 0 Å². The summed E-state index contributed by atoms with van der Waals surface area (Å²) in [5.41, 5.74) is 1.78. The molecule has 1 rings (SSSR count). The van der Waals surface area contributed by atoms with Crippen molar-refractivity contribution in [3.05, 3.63) is 29.8 Å². The zero-order valence-corrected chi connectivity index (χ0v) is 13.7. The van der Waals surface area contributed by atoms with E-state index >= 15 is 0 Å². The molecule has 0 heterocycles. The molecular weight excluding hydrogens is 264 g/mol. The van der Waals surface area contributed by atoms with Gasteiger partial charge in [0.2, 0.25) is 11.8 Å². The number of carbonyl (C=O) groups is 2. The van der Waals surface area contributed by atoms with Gasteiger partial charge >= 0.3 is 0 Å². The largest absolute Gasteiger partial charge is 0.355 e. The fourth-order valence-electron chi connectivity index (χ4n) is 2.17. The molecule has 116 valence electrons. The molecule has 0 aromatic heterocycles. The molecule has 0 aliphatic carbocycles. The van der Waals surface area contributed by atoms with Crippen molar-refractivity contribution in [3.63, 3.8) is 0 Å². The quantitative estimate of drug-likeness (QED) is 0.906. The van der Waals surface area contributed by atoms with Gasteiger partial charge in [-0.05, 0) is 23.5 Å². The van der Waals surface area contributed by atoms with Crippen LogP contribution in [0.5, 0.6) is 0 Å². The molecule has 0 unspecified atom stereocenters. The summed E-state index contributed by atoms with van der Waals surface area (Å²) in [7, 11) is 0. The molecular formula is C17H26N2O2. The summed E-state index contributed by atoms with van der Waals surface area (Å²) < 4.78 is 0. The molecule has 4 nitrogen and oxygen atoms in total. The van der Waals surface area contributed by atoms with Crippen LogP contribution in [-0.4, -0.2) is 24.9 Å². The maximum Gasteiger partial charge on any atom is 0.240 e. The van der Waals surface area contributed by atoms with Gasteiger partial charge in [0, 0.05) is 19.2 Å². The highest BCUT2D eigenvalue weighted by Gasteiger charge is 2.24. The molecule has 21 heavy (non-hydrogen) atoms.